The number of hydrogen-bond donors (Lipinski definition) is 1. The number of carboxylic acids is 1. The summed E-state index contributed by atoms with van der Waals surface area (Å²) >= 11 is 0. The first-order chi connectivity index (χ1) is 13.5. The molecule has 0 saturated heterocycles. The first-order valence-corrected chi connectivity index (χ1v) is 9.60. The molecule has 28 heavy (non-hydrogen) atoms. The van der Waals surface area contributed by atoms with Crippen molar-refractivity contribution < 1.29 is 14.3 Å². The summed E-state index contributed by atoms with van der Waals surface area (Å²) in [5.41, 5.74) is 2.77. The molecular weight excluding hydrogens is 358 g/mol. The number of rotatable bonds is 4. The second-order valence-corrected chi connectivity index (χ2v) is 8.00. The first kappa shape index (κ1) is 17.0. The number of aromatic carboxylic acids is 1. The molecule has 3 aromatic rings. The topological polar surface area (TPSA) is 90.3 Å². The summed E-state index contributed by atoms with van der Waals surface area (Å²) in [6.07, 6.45) is 5.32. The number of aromatic nitrogens is 3. The summed E-state index contributed by atoms with van der Waals surface area (Å²) < 4.78 is 9.63. The molecule has 1 aliphatic carbocycles. The van der Waals surface area contributed by atoms with E-state index < -0.39 is 11.4 Å². The maximum absolute atomic E-state index is 12.5. The highest BCUT2D eigenvalue weighted by Gasteiger charge is 2.37. The van der Waals surface area contributed by atoms with Gasteiger partial charge in [0.1, 0.15) is 11.3 Å². The Kier molecular flexibility index (Phi) is 3.62. The van der Waals surface area contributed by atoms with Crippen LogP contribution in [0.15, 0.2) is 39.9 Å². The van der Waals surface area contributed by atoms with Crippen LogP contribution >= 0.6 is 0 Å². The summed E-state index contributed by atoms with van der Waals surface area (Å²) in [5.74, 6) is 0.185. The molecule has 1 fully saturated rings. The monoisotopic (exact) mass is 379 g/mol. The van der Waals surface area contributed by atoms with Crippen LogP contribution in [0.25, 0.3) is 22.7 Å². The van der Waals surface area contributed by atoms with E-state index in [1.54, 1.807) is 6.26 Å². The number of furan rings is 1. The van der Waals surface area contributed by atoms with Gasteiger partial charge in [0.2, 0.25) is 0 Å². The van der Waals surface area contributed by atoms with Crippen molar-refractivity contribution in [3.8, 4) is 22.7 Å². The molecule has 1 N–H and O–H groups in total. The van der Waals surface area contributed by atoms with E-state index in [1.807, 2.05) is 21.4 Å². The van der Waals surface area contributed by atoms with Crippen molar-refractivity contribution in [1.82, 2.24) is 14.3 Å². The maximum Gasteiger partial charge on any atom is 0.341 e. The highest BCUT2D eigenvalue weighted by molar-refractivity contribution is 5.88. The van der Waals surface area contributed by atoms with Crippen LogP contribution in [0.5, 0.6) is 0 Å². The molecule has 1 saturated carbocycles. The van der Waals surface area contributed by atoms with Crippen LogP contribution in [0.2, 0.25) is 0 Å². The molecular formula is C21H21N3O4. The van der Waals surface area contributed by atoms with Crippen molar-refractivity contribution in [2.75, 3.05) is 0 Å². The van der Waals surface area contributed by atoms with Crippen LogP contribution in [0, 0.1) is 5.92 Å². The van der Waals surface area contributed by atoms with E-state index in [2.05, 4.69) is 13.8 Å². The predicted octanol–water partition coefficient (Wildman–Crippen LogP) is 3.76. The minimum absolute atomic E-state index is 0.0117. The van der Waals surface area contributed by atoms with E-state index in [1.165, 1.54) is 12.3 Å². The number of carbonyl (C=O) groups is 1. The van der Waals surface area contributed by atoms with Crippen molar-refractivity contribution in [3.05, 3.63) is 52.1 Å². The van der Waals surface area contributed by atoms with Crippen molar-refractivity contribution >= 4 is 5.97 Å². The molecule has 0 unspecified atom stereocenters. The lowest BCUT2D eigenvalue weighted by atomic mass is 9.97. The van der Waals surface area contributed by atoms with Gasteiger partial charge in [-0.05, 0) is 30.9 Å². The van der Waals surface area contributed by atoms with Gasteiger partial charge >= 0.3 is 5.97 Å². The summed E-state index contributed by atoms with van der Waals surface area (Å²) in [5, 5.41) is 14.3. The molecule has 5 rings (SSSR count). The Balaban J connectivity index is 1.82. The minimum atomic E-state index is -1.20. The molecule has 4 heterocycles. The quantitative estimate of drug-likeness (QED) is 0.745. The van der Waals surface area contributed by atoms with E-state index in [4.69, 9.17) is 9.52 Å². The molecule has 1 aliphatic heterocycles. The van der Waals surface area contributed by atoms with Gasteiger partial charge in [-0.1, -0.05) is 13.8 Å². The molecule has 144 valence electrons. The van der Waals surface area contributed by atoms with Gasteiger partial charge in [0.15, 0.2) is 5.43 Å². The van der Waals surface area contributed by atoms with Gasteiger partial charge in [0.25, 0.3) is 0 Å². The Hall–Kier alpha value is -3.09. The van der Waals surface area contributed by atoms with Crippen molar-refractivity contribution in [2.45, 2.75) is 45.2 Å². The largest absolute Gasteiger partial charge is 0.477 e. The number of nitrogens with zero attached hydrogens (tertiary/aromatic N) is 3. The Morgan fingerprint density at radius 2 is 2.14 bits per heavy atom. The number of carboxylic acid groups (broad SMARTS) is 1. The van der Waals surface area contributed by atoms with Crippen LogP contribution in [0.1, 0.15) is 54.7 Å². The van der Waals surface area contributed by atoms with E-state index in [9.17, 15) is 14.7 Å². The van der Waals surface area contributed by atoms with Gasteiger partial charge in [0, 0.05) is 18.2 Å². The zero-order chi connectivity index (χ0) is 19.6. The average molecular weight is 379 g/mol. The summed E-state index contributed by atoms with van der Waals surface area (Å²) in [6.45, 7) is 4.82. The Morgan fingerprint density at radius 1 is 1.36 bits per heavy atom. The number of hydrogen-bond acceptors (Lipinski definition) is 4. The Morgan fingerprint density at radius 3 is 2.75 bits per heavy atom. The fourth-order valence-corrected chi connectivity index (χ4v) is 4.15. The third-order valence-electron chi connectivity index (χ3n) is 5.75. The smallest absolute Gasteiger partial charge is 0.341 e. The van der Waals surface area contributed by atoms with Crippen LogP contribution in [-0.2, 0) is 6.54 Å². The van der Waals surface area contributed by atoms with E-state index in [-0.39, 0.29) is 17.5 Å². The van der Waals surface area contributed by atoms with Gasteiger partial charge in [-0.15, -0.1) is 0 Å². The Labute approximate surface area is 161 Å². The molecule has 2 aliphatic rings. The lowest BCUT2D eigenvalue weighted by Crippen LogP contribution is -2.31. The van der Waals surface area contributed by atoms with Gasteiger partial charge in [-0.25, -0.2) is 4.79 Å². The normalized spacial score (nSPS) is 18.2. The zero-order valence-corrected chi connectivity index (χ0v) is 15.8. The predicted molar refractivity (Wildman–Crippen MR) is 102 cm³/mol. The van der Waals surface area contributed by atoms with Gasteiger partial charge in [0.05, 0.1) is 41.5 Å². The van der Waals surface area contributed by atoms with Crippen molar-refractivity contribution in [3.63, 3.8) is 0 Å². The summed E-state index contributed by atoms with van der Waals surface area (Å²) in [7, 11) is 0. The first-order valence-electron chi connectivity index (χ1n) is 9.60. The second-order valence-electron chi connectivity index (χ2n) is 8.00. The van der Waals surface area contributed by atoms with E-state index in [0.29, 0.717) is 18.2 Å². The number of fused-ring (bicyclic) bond motifs is 3. The third kappa shape index (κ3) is 2.46. The standard InChI is InChI=1S/C21H21N3O4/c1-11(2)15-10-24-20(14-8-16(25)13(21(26)27)9-23(14)15)18(17-4-3-7-28-17)19(22-24)12-5-6-12/h3-4,7-9,11-12,15H,5-6,10H2,1-2H3,(H,26,27)/t15-/m0/s1. The fourth-order valence-electron chi connectivity index (χ4n) is 4.15. The van der Waals surface area contributed by atoms with Gasteiger partial charge in [-0.3, -0.25) is 9.48 Å². The average Bonchev–Trinajstić information content (AvgIpc) is 3.21. The molecule has 3 aromatic heterocycles. The maximum atomic E-state index is 12.5. The van der Waals surface area contributed by atoms with Crippen LogP contribution in [0.4, 0.5) is 0 Å². The minimum Gasteiger partial charge on any atom is -0.477 e. The summed E-state index contributed by atoms with van der Waals surface area (Å²) in [6, 6.07) is 5.20. The van der Waals surface area contributed by atoms with E-state index >= 15 is 0 Å². The molecule has 7 nitrogen and oxygen atoms in total. The zero-order valence-electron chi connectivity index (χ0n) is 15.8. The van der Waals surface area contributed by atoms with Crippen molar-refractivity contribution in [2.24, 2.45) is 5.92 Å². The molecule has 0 radical (unpaired) electrons. The Bertz CT molecular complexity index is 1130. The van der Waals surface area contributed by atoms with Crippen molar-refractivity contribution in [1.29, 1.82) is 0 Å². The van der Waals surface area contributed by atoms with E-state index in [0.717, 1.165) is 35.6 Å². The molecule has 0 spiro atoms. The molecule has 0 aromatic carbocycles. The molecule has 7 heteroatoms. The second kappa shape index (κ2) is 5.95. The lowest BCUT2D eigenvalue weighted by molar-refractivity contribution is 0.0694. The van der Waals surface area contributed by atoms with Crippen LogP contribution in [-0.4, -0.2) is 25.4 Å². The lowest BCUT2D eigenvalue weighted by Gasteiger charge is -2.32. The SMILES string of the molecule is CC(C)[C@@H]1Cn2nc(C3CC3)c(-c3ccco3)c2-c2cc(=O)c(C(=O)O)cn21. The third-order valence-corrected chi connectivity index (χ3v) is 5.75. The highest BCUT2D eigenvalue weighted by atomic mass is 16.4. The molecule has 1 atom stereocenters. The highest BCUT2D eigenvalue weighted by Crippen LogP contribution is 2.49. The van der Waals surface area contributed by atoms with Gasteiger partial charge < -0.3 is 14.1 Å². The van der Waals surface area contributed by atoms with Gasteiger partial charge in [-0.2, -0.15) is 5.10 Å². The molecule has 0 bridgehead atoms. The molecule has 0 amide bonds. The van der Waals surface area contributed by atoms with Crippen LogP contribution in [0.3, 0.4) is 0 Å². The summed E-state index contributed by atoms with van der Waals surface area (Å²) in [4.78, 5) is 24.1. The number of pyridine rings is 1. The van der Waals surface area contributed by atoms with Crippen LogP contribution < -0.4 is 5.43 Å². The fraction of sp³-hybridized carbons (Fsp3) is 0.381.